The molecule has 3 nitrogen and oxygen atoms in total. The standard InChI is InChI=1S/C18H30N2O/c1-4-19-17(16-8-6-5-7-14(16)2)9-11-20-12-10-18(21)15(3)13-20/h5-8,15,17-19,21H,4,9-13H2,1-3H3. The highest BCUT2D eigenvalue weighted by Gasteiger charge is 2.24. The molecule has 2 N–H and O–H groups in total. The molecule has 1 heterocycles. The van der Waals surface area contributed by atoms with Gasteiger partial charge in [-0.2, -0.15) is 0 Å². The minimum absolute atomic E-state index is 0.109. The lowest BCUT2D eigenvalue weighted by molar-refractivity contribution is 0.0337. The molecule has 1 fully saturated rings. The van der Waals surface area contributed by atoms with Gasteiger partial charge in [0.25, 0.3) is 0 Å². The van der Waals surface area contributed by atoms with Gasteiger partial charge in [-0.1, -0.05) is 38.1 Å². The average molecular weight is 290 g/mol. The summed E-state index contributed by atoms with van der Waals surface area (Å²) in [7, 11) is 0. The molecule has 3 unspecified atom stereocenters. The summed E-state index contributed by atoms with van der Waals surface area (Å²) in [5, 5.41) is 13.5. The van der Waals surface area contributed by atoms with E-state index in [4.69, 9.17) is 0 Å². The van der Waals surface area contributed by atoms with Crippen LogP contribution in [0.25, 0.3) is 0 Å². The minimum Gasteiger partial charge on any atom is -0.393 e. The smallest absolute Gasteiger partial charge is 0.0590 e. The van der Waals surface area contributed by atoms with Gasteiger partial charge in [-0.25, -0.2) is 0 Å². The molecule has 1 saturated heterocycles. The number of piperidine rings is 1. The second-order valence-corrected chi connectivity index (χ2v) is 6.39. The van der Waals surface area contributed by atoms with E-state index in [1.807, 2.05) is 0 Å². The van der Waals surface area contributed by atoms with Gasteiger partial charge in [0.15, 0.2) is 0 Å². The van der Waals surface area contributed by atoms with Gasteiger partial charge in [0.05, 0.1) is 6.10 Å². The number of aliphatic hydroxyl groups is 1. The van der Waals surface area contributed by atoms with Crippen molar-refractivity contribution in [2.24, 2.45) is 5.92 Å². The number of rotatable bonds is 6. The van der Waals surface area contributed by atoms with E-state index in [1.54, 1.807) is 0 Å². The lowest BCUT2D eigenvalue weighted by atomic mass is 9.95. The van der Waals surface area contributed by atoms with Crippen molar-refractivity contribution in [3.05, 3.63) is 35.4 Å². The summed E-state index contributed by atoms with van der Waals surface area (Å²) in [4.78, 5) is 2.50. The normalized spacial score (nSPS) is 25.0. The first-order valence-electron chi connectivity index (χ1n) is 8.31. The van der Waals surface area contributed by atoms with Crippen molar-refractivity contribution in [2.45, 2.75) is 45.8 Å². The summed E-state index contributed by atoms with van der Waals surface area (Å²) in [6.45, 7) is 10.7. The number of hydrogen-bond donors (Lipinski definition) is 2. The molecule has 1 aliphatic rings. The fourth-order valence-corrected chi connectivity index (χ4v) is 3.33. The fraction of sp³-hybridized carbons (Fsp3) is 0.667. The van der Waals surface area contributed by atoms with Gasteiger partial charge < -0.3 is 15.3 Å². The van der Waals surface area contributed by atoms with E-state index in [9.17, 15) is 5.11 Å². The number of hydrogen-bond acceptors (Lipinski definition) is 3. The molecule has 2 rings (SSSR count). The molecule has 1 aromatic rings. The number of nitrogens with one attached hydrogen (secondary N) is 1. The molecule has 0 aliphatic carbocycles. The second kappa shape index (κ2) is 7.92. The molecule has 0 spiro atoms. The first-order chi connectivity index (χ1) is 10.1. The van der Waals surface area contributed by atoms with Gasteiger partial charge in [-0.3, -0.25) is 0 Å². The highest BCUT2D eigenvalue weighted by atomic mass is 16.3. The van der Waals surface area contributed by atoms with Crippen molar-refractivity contribution >= 4 is 0 Å². The van der Waals surface area contributed by atoms with Crippen molar-refractivity contribution < 1.29 is 5.11 Å². The number of aliphatic hydroxyl groups excluding tert-OH is 1. The van der Waals surface area contributed by atoms with Gasteiger partial charge in [0, 0.05) is 19.1 Å². The SMILES string of the molecule is CCNC(CCN1CCC(O)C(C)C1)c1ccccc1C. The molecular weight excluding hydrogens is 260 g/mol. The van der Waals surface area contributed by atoms with E-state index in [1.165, 1.54) is 11.1 Å². The van der Waals surface area contributed by atoms with Crippen LogP contribution in [0.15, 0.2) is 24.3 Å². The molecule has 1 aliphatic heterocycles. The van der Waals surface area contributed by atoms with Crippen LogP contribution < -0.4 is 5.32 Å². The second-order valence-electron chi connectivity index (χ2n) is 6.39. The Balaban J connectivity index is 1.93. The number of aryl methyl sites for hydroxylation is 1. The zero-order valence-corrected chi connectivity index (χ0v) is 13.7. The molecular formula is C18H30N2O. The maximum Gasteiger partial charge on any atom is 0.0590 e. The largest absolute Gasteiger partial charge is 0.393 e. The minimum atomic E-state index is -0.109. The van der Waals surface area contributed by atoms with Crippen LogP contribution in [-0.2, 0) is 0 Å². The fourth-order valence-electron chi connectivity index (χ4n) is 3.33. The Hall–Kier alpha value is -0.900. The maximum absolute atomic E-state index is 9.83. The summed E-state index contributed by atoms with van der Waals surface area (Å²) in [5.41, 5.74) is 2.79. The summed E-state index contributed by atoms with van der Waals surface area (Å²) in [6, 6.07) is 9.10. The molecule has 3 heteroatoms. The molecule has 0 amide bonds. The van der Waals surface area contributed by atoms with Gasteiger partial charge in [0.2, 0.25) is 0 Å². The topological polar surface area (TPSA) is 35.5 Å². The van der Waals surface area contributed by atoms with Gasteiger partial charge >= 0.3 is 0 Å². The molecule has 21 heavy (non-hydrogen) atoms. The van der Waals surface area contributed by atoms with Crippen molar-refractivity contribution in [3.8, 4) is 0 Å². The van der Waals surface area contributed by atoms with Crippen LogP contribution in [0.4, 0.5) is 0 Å². The Labute approximate surface area is 129 Å². The van der Waals surface area contributed by atoms with Gasteiger partial charge in [-0.15, -0.1) is 0 Å². The van der Waals surface area contributed by atoms with E-state index in [-0.39, 0.29) is 6.10 Å². The average Bonchev–Trinajstić information content (AvgIpc) is 2.48. The molecule has 118 valence electrons. The predicted molar refractivity (Wildman–Crippen MR) is 88.4 cm³/mol. The highest BCUT2D eigenvalue weighted by molar-refractivity contribution is 5.28. The predicted octanol–water partition coefficient (Wildman–Crippen LogP) is 2.74. The van der Waals surface area contributed by atoms with Crippen LogP contribution >= 0.6 is 0 Å². The molecule has 0 radical (unpaired) electrons. The Morgan fingerprint density at radius 2 is 2.14 bits per heavy atom. The quantitative estimate of drug-likeness (QED) is 0.845. The Bertz CT molecular complexity index is 435. The van der Waals surface area contributed by atoms with E-state index in [0.717, 1.165) is 39.0 Å². The molecule has 0 aromatic heterocycles. The monoisotopic (exact) mass is 290 g/mol. The van der Waals surface area contributed by atoms with E-state index in [2.05, 4.69) is 55.3 Å². The van der Waals surface area contributed by atoms with Gasteiger partial charge in [0.1, 0.15) is 0 Å². The number of nitrogens with zero attached hydrogens (tertiary/aromatic N) is 1. The molecule has 0 saturated carbocycles. The van der Waals surface area contributed by atoms with E-state index in [0.29, 0.717) is 12.0 Å². The Morgan fingerprint density at radius 3 is 2.81 bits per heavy atom. The maximum atomic E-state index is 9.83. The molecule has 0 bridgehead atoms. The third-order valence-corrected chi connectivity index (χ3v) is 4.69. The van der Waals surface area contributed by atoms with Crippen LogP contribution in [0.1, 0.15) is 43.9 Å². The summed E-state index contributed by atoms with van der Waals surface area (Å²) < 4.78 is 0. The van der Waals surface area contributed by atoms with Crippen molar-refractivity contribution in [3.63, 3.8) is 0 Å². The van der Waals surface area contributed by atoms with Crippen molar-refractivity contribution in [1.82, 2.24) is 10.2 Å². The van der Waals surface area contributed by atoms with E-state index >= 15 is 0 Å². The third kappa shape index (κ3) is 4.53. The zero-order chi connectivity index (χ0) is 15.2. The lowest BCUT2D eigenvalue weighted by Crippen LogP contribution is -2.43. The van der Waals surface area contributed by atoms with Crippen LogP contribution in [0.3, 0.4) is 0 Å². The van der Waals surface area contributed by atoms with Crippen molar-refractivity contribution in [1.29, 1.82) is 0 Å². The van der Waals surface area contributed by atoms with Crippen molar-refractivity contribution in [2.75, 3.05) is 26.2 Å². The number of benzene rings is 1. The Kier molecular flexibility index (Phi) is 6.22. The molecule has 1 aromatic carbocycles. The Morgan fingerprint density at radius 1 is 1.38 bits per heavy atom. The summed E-state index contributed by atoms with van der Waals surface area (Å²) in [6.07, 6.45) is 1.93. The summed E-state index contributed by atoms with van der Waals surface area (Å²) in [5.74, 6) is 0.398. The highest BCUT2D eigenvalue weighted by Crippen LogP contribution is 2.23. The third-order valence-electron chi connectivity index (χ3n) is 4.69. The number of likely N-dealkylation sites (tertiary alicyclic amines) is 1. The van der Waals surface area contributed by atoms with Crippen LogP contribution in [-0.4, -0.2) is 42.3 Å². The summed E-state index contributed by atoms with van der Waals surface area (Å²) >= 11 is 0. The lowest BCUT2D eigenvalue weighted by Gasteiger charge is -2.35. The van der Waals surface area contributed by atoms with Crippen LogP contribution in [0, 0.1) is 12.8 Å². The van der Waals surface area contributed by atoms with Gasteiger partial charge in [-0.05, 0) is 49.9 Å². The molecule has 3 atom stereocenters. The van der Waals surface area contributed by atoms with E-state index < -0.39 is 0 Å². The van der Waals surface area contributed by atoms with Crippen LogP contribution in [0.2, 0.25) is 0 Å². The first kappa shape index (κ1) is 16.5. The van der Waals surface area contributed by atoms with Crippen LogP contribution in [0.5, 0.6) is 0 Å². The zero-order valence-electron chi connectivity index (χ0n) is 13.7. The first-order valence-corrected chi connectivity index (χ1v) is 8.31.